The van der Waals surface area contributed by atoms with Crippen LogP contribution in [0.3, 0.4) is 0 Å². The van der Waals surface area contributed by atoms with E-state index < -0.39 is 12.1 Å². The van der Waals surface area contributed by atoms with Crippen molar-refractivity contribution in [3.05, 3.63) is 29.8 Å². The molecule has 7 nitrogen and oxygen atoms in total. The number of Topliss-reactive ketones (excluding diaryl/α,β-unsaturated/α-hetero) is 1. The van der Waals surface area contributed by atoms with Gasteiger partial charge in [0.1, 0.15) is 12.6 Å². The van der Waals surface area contributed by atoms with E-state index in [-0.39, 0.29) is 36.0 Å². The minimum absolute atomic E-state index is 0.0235. The van der Waals surface area contributed by atoms with Crippen molar-refractivity contribution in [3.8, 4) is 0 Å². The van der Waals surface area contributed by atoms with E-state index in [2.05, 4.69) is 22.5 Å². The minimum atomic E-state index is -0.697. The average Bonchev–Trinajstić information content (AvgIpc) is 2.81. The summed E-state index contributed by atoms with van der Waals surface area (Å²) in [6, 6.07) is 6.35. The molecule has 1 aromatic carbocycles. The Kier molecular flexibility index (Phi) is 9.30. The summed E-state index contributed by atoms with van der Waals surface area (Å²) in [4.78, 5) is 40.9. The third-order valence-electron chi connectivity index (χ3n) is 6.53. The van der Waals surface area contributed by atoms with Crippen LogP contribution in [0.5, 0.6) is 0 Å². The number of nitrogens with one attached hydrogen (secondary N) is 2. The number of ether oxygens (including phenoxy) is 1. The number of ketones is 1. The first-order valence-corrected chi connectivity index (χ1v) is 12.5. The molecule has 0 bridgehead atoms. The molecule has 3 atom stereocenters. The third kappa shape index (κ3) is 7.03. The molecule has 1 aromatic rings. The SMILES string of the molecule is CCCC1COCC(=O)[C@H]1NC(=O)C(CC(C)C)NC(=O)c1ccc(N2CCCCC2)cc1. The van der Waals surface area contributed by atoms with Crippen LogP contribution in [0.15, 0.2) is 24.3 Å². The average molecular weight is 458 g/mol. The van der Waals surface area contributed by atoms with Crippen LogP contribution in [0.25, 0.3) is 0 Å². The Hall–Kier alpha value is -2.41. The van der Waals surface area contributed by atoms with Crippen LogP contribution in [-0.4, -0.2) is 56.0 Å². The van der Waals surface area contributed by atoms with Crippen molar-refractivity contribution in [2.45, 2.75) is 71.4 Å². The summed E-state index contributed by atoms with van der Waals surface area (Å²) >= 11 is 0. The molecule has 2 heterocycles. The number of hydrogen-bond acceptors (Lipinski definition) is 5. The highest BCUT2D eigenvalue weighted by Gasteiger charge is 2.35. The van der Waals surface area contributed by atoms with E-state index >= 15 is 0 Å². The molecule has 3 rings (SSSR count). The van der Waals surface area contributed by atoms with E-state index in [1.807, 2.05) is 38.1 Å². The van der Waals surface area contributed by atoms with E-state index in [4.69, 9.17) is 4.74 Å². The van der Waals surface area contributed by atoms with Gasteiger partial charge in [-0.1, -0.05) is 27.2 Å². The van der Waals surface area contributed by atoms with E-state index in [0.29, 0.717) is 18.6 Å². The molecule has 33 heavy (non-hydrogen) atoms. The smallest absolute Gasteiger partial charge is 0.251 e. The molecule has 0 radical (unpaired) electrons. The molecule has 2 aliphatic rings. The molecule has 2 fully saturated rings. The number of piperidine rings is 1. The summed E-state index contributed by atoms with van der Waals surface area (Å²) in [7, 11) is 0. The maximum atomic E-state index is 13.1. The van der Waals surface area contributed by atoms with Crippen molar-refractivity contribution in [1.82, 2.24) is 10.6 Å². The number of benzene rings is 1. The topological polar surface area (TPSA) is 87.7 Å². The lowest BCUT2D eigenvalue weighted by Gasteiger charge is -2.32. The van der Waals surface area contributed by atoms with Gasteiger partial charge < -0.3 is 20.3 Å². The van der Waals surface area contributed by atoms with E-state index in [1.165, 1.54) is 19.3 Å². The molecule has 2 saturated heterocycles. The van der Waals surface area contributed by atoms with Gasteiger partial charge in [0.05, 0.1) is 12.6 Å². The highest BCUT2D eigenvalue weighted by molar-refractivity contribution is 5.99. The Morgan fingerprint density at radius 3 is 2.45 bits per heavy atom. The molecule has 2 amide bonds. The maximum Gasteiger partial charge on any atom is 0.251 e. The van der Waals surface area contributed by atoms with Crippen LogP contribution in [0.2, 0.25) is 0 Å². The summed E-state index contributed by atoms with van der Waals surface area (Å²) in [6.07, 6.45) is 5.88. The predicted molar refractivity (Wildman–Crippen MR) is 129 cm³/mol. The standard InChI is InChI=1S/C26H39N3O4/c1-4-8-20-16-33-17-23(30)24(20)28-26(32)22(15-18(2)3)27-25(31)19-9-11-21(12-10-19)29-13-6-5-7-14-29/h9-12,18,20,22,24H,4-8,13-17H2,1-3H3,(H,27,31)(H,28,32)/t20?,22?,24-/m0/s1. The van der Waals surface area contributed by atoms with Gasteiger partial charge >= 0.3 is 0 Å². The van der Waals surface area contributed by atoms with Crippen LogP contribution in [-0.2, 0) is 14.3 Å². The van der Waals surface area contributed by atoms with Crippen molar-refractivity contribution in [3.63, 3.8) is 0 Å². The lowest BCUT2D eigenvalue weighted by molar-refractivity contribution is -0.138. The first-order chi connectivity index (χ1) is 15.9. The second-order valence-corrected chi connectivity index (χ2v) is 9.77. The fourth-order valence-corrected chi connectivity index (χ4v) is 4.75. The zero-order valence-electron chi connectivity index (χ0n) is 20.3. The van der Waals surface area contributed by atoms with Gasteiger partial charge in [-0.3, -0.25) is 14.4 Å². The van der Waals surface area contributed by atoms with Gasteiger partial charge in [0.25, 0.3) is 5.91 Å². The molecule has 7 heteroatoms. The highest BCUT2D eigenvalue weighted by Crippen LogP contribution is 2.21. The number of carbonyl (C=O) groups is 3. The number of amides is 2. The number of rotatable bonds is 9. The van der Waals surface area contributed by atoms with Crippen LogP contribution in [0, 0.1) is 11.8 Å². The number of nitrogens with zero attached hydrogens (tertiary/aromatic N) is 1. The number of anilines is 1. The molecule has 0 spiro atoms. The van der Waals surface area contributed by atoms with Gasteiger partial charge in [0.15, 0.2) is 5.78 Å². The van der Waals surface area contributed by atoms with Gasteiger partial charge in [-0.15, -0.1) is 0 Å². The van der Waals surface area contributed by atoms with Crippen molar-refractivity contribution >= 4 is 23.3 Å². The van der Waals surface area contributed by atoms with Crippen LogP contribution in [0.4, 0.5) is 5.69 Å². The lowest BCUT2D eigenvalue weighted by Crippen LogP contribution is -2.57. The largest absolute Gasteiger partial charge is 0.373 e. The van der Waals surface area contributed by atoms with Crippen LogP contribution in [0.1, 0.15) is 69.7 Å². The molecule has 182 valence electrons. The van der Waals surface area contributed by atoms with Gasteiger partial charge in [0, 0.05) is 30.3 Å². The molecular formula is C26H39N3O4. The fourth-order valence-electron chi connectivity index (χ4n) is 4.75. The molecule has 0 aliphatic carbocycles. The molecule has 2 unspecified atom stereocenters. The number of hydrogen-bond donors (Lipinski definition) is 2. The second kappa shape index (κ2) is 12.2. The zero-order valence-corrected chi connectivity index (χ0v) is 20.3. The van der Waals surface area contributed by atoms with Gasteiger partial charge in [-0.2, -0.15) is 0 Å². The summed E-state index contributed by atoms with van der Waals surface area (Å²) in [6.45, 7) is 8.66. The van der Waals surface area contributed by atoms with Gasteiger partial charge in [0.2, 0.25) is 5.91 Å². The quantitative estimate of drug-likeness (QED) is 0.594. The molecular weight excluding hydrogens is 418 g/mol. The Morgan fingerprint density at radius 2 is 1.82 bits per heavy atom. The fraction of sp³-hybridized carbons (Fsp3) is 0.654. The summed E-state index contributed by atoms with van der Waals surface area (Å²) < 4.78 is 5.39. The first kappa shape index (κ1) is 25.2. The summed E-state index contributed by atoms with van der Waals surface area (Å²) in [5.41, 5.74) is 1.66. The Labute approximate surface area is 197 Å². The van der Waals surface area contributed by atoms with Gasteiger partial charge in [-0.25, -0.2) is 0 Å². The zero-order chi connectivity index (χ0) is 23.8. The molecule has 0 saturated carbocycles. The van der Waals surface area contributed by atoms with Crippen molar-refractivity contribution in [1.29, 1.82) is 0 Å². The van der Waals surface area contributed by atoms with Crippen molar-refractivity contribution in [2.75, 3.05) is 31.2 Å². The Morgan fingerprint density at radius 1 is 1.12 bits per heavy atom. The van der Waals surface area contributed by atoms with Crippen molar-refractivity contribution in [2.24, 2.45) is 11.8 Å². The maximum absolute atomic E-state index is 13.1. The highest BCUT2D eigenvalue weighted by atomic mass is 16.5. The summed E-state index contributed by atoms with van der Waals surface area (Å²) in [5, 5.41) is 5.84. The molecule has 2 N–H and O–H groups in total. The molecule has 2 aliphatic heterocycles. The lowest BCUT2D eigenvalue weighted by atomic mass is 9.90. The van der Waals surface area contributed by atoms with Crippen LogP contribution >= 0.6 is 0 Å². The third-order valence-corrected chi connectivity index (χ3v) is 6.53. The monoisotopic (exact) mass is 457 g/mol. The predicted octanol–water partition coefficient (Wildman–Crippen LogP) is 3.32. The summed E-state index contributed by atoms with van der Waals surface area (Å²) in [5.74, 6) is -0.499. The Balaban J connectivity index is 1.65. The van der Waals surface area contributed by atoms with Gasteiger partial charge in [-0.05, 0) is 62.3 Å². The van der Waals surface area contributed by atoms with E-state index in [1.54, 1.807) is 0 Å². The van der Waals surface area contributed by atoms with Crippen LogP contribution < -0.4 is 15.5 Å². The van der Waals surface area contributed by atoms with E-state index in [9.17, 15) is 14.4 Å². The second-order valence-electron chi connectivity index (χ2n) is 9.77. The first-order valence-electron chi connectivity index (χ1n) is 12.5. The molecule has 0 aromatic heterocycles. The number of carbonyl (C=O) groups excluding carboxylic acids is 3. The Bertz CT molecular complexity index is 800. The minimum Gasteiger partial charge on any atom is -0.373 e. The normalized spacial score (nSPS) is 22.2. The van der Waals surface area contributed by atoms with E-state index in [0.717, 1.165) is 31.6 Å². The van der Waals surface area contributed by atoms with Crippen molar-refractivity contribution < 1.29 is 19.1 Å².